The van der Waals surface area contributed by atoms with E-state index in [9.17, 15) is 9.18 Å². The summed E-state index contributed by atoms with van der Waals surface area (Å²) in [6.07, 6.45) is 3.46. The second-order valence-corrected chi connectivity index (χ2v) is 7.91. The van der Waals surface area contributed by atoms with E-state index < -0.39 is 5.54 Å². The Balaban J connectivity index is 1.89. The van der Waals surface area contributed by atoms with Crippen molar-refractivity contribution in [3.8, 4) is 11.3 Å². The summed E-state index contributed by atoms with van der Waals surface area (Å²) in [6, 6.07) is 13.5. The molecule has 154 valence electrons. The molecule has 1 aromatic heterocycles. The minimum Gasteiger partial charge on any atom is -0.339 e. The number of aromatic nitrogens is 2. The fourth-order valence-corrected chi connectivity index (χ4v) is 3.75. The van der Waals surface area contributed by atoms with Crippen LogP contribution in [0.5, 0.6) is 0 Å². The molecule has 8 heteroatoms. The van der Waals surface area contributed by atoms with E-state index in [0.717, 1.165) is 11.3 Å². The van der Waals surface area contributed by atoms with Gasteiger partial charge in [-0.3, -0.25) is 9.36 Å². The Morgan fingerprint density at radius 1 is 1.20 bits per heavy atom. The normalized spacial score (nSPS) is 14.5. The molecule has 0 unspecified atom stereocenters. The highest BCUT2D eigenvalue weighted by molar-refractivity contribution is 6.30. The van der Waals surface area contributed by atoms with Crippen LogP contribution in [0.2, 0.25) is 5.02 Å². The first kappa shape index (κ1) is 20.1. The van der Waals surface area contributed by atoms with E-state index in [4.69, 9.17) is 22.3 Å². The van der Waals surface area contributed by atoms with Crippen LogP contribution in [-0.2, 0) is 10.3 Å². The topological polar surface area (TPSA) is 76.2 Å². The van der Waals surface area contributed by atoms with E-state index in [0.29, 0.717) is 22.4 Å². The number of amides is 1. The Morgan fingerprint density at radius 2 is 1.93 bits per heavy atom. The lowest BCUT2D eigenvalue weighted by atomic mass is 10.0. The van der Waals surface area contributed by atoms with Gasteiger partial charge in [0.1, 0.15) is 28.7 Å². The van der Waals surface area contributed by atoms with E-state index in [1.54, 1.807) is 41.6 Å². The summed E-state index contributed by atoms with van der Waals surface area (Å²) in [5, 5.41) is 3.97. The highest BCUT2D eigenvalue weighted by atomic mass is 35.5. The molecule has 1 amide bonds. The number of fused-ring (bicyclic) bond motifs is 1. The molecule has 0 bridgehead atoms. The van der Waals surface area contributed by atoms with Crippen molar-refractivity contribution in [1.29, 1.82) is 0 Å². The lowest BCUT2D eigenvalue weighted by molar-refractivity contribution is -0.132. The van der Waals surface area contributed by atoms with Crippen molar-refractivity contribution in [3.63, 3.8) is 0 Å². The molecule has 0 fully saturated rings. The lowest BCUT2D eigenvalue weighted by Crippen LogP contribution is -2.47. The van der Waals surface area contributed by atoms with Gasteiger partial charge < -0.3 is 16.0 Å². The van der Waals surface area contributed by atoms with Gasteiger partial charge in [-0.25, -0.2) is 9.37 Å². The SMILES string of the molecule is CC1(C)c2nc(-c3ccc(F)cc3)c(Nc3cccc(Cl)c3)n2C=CN1C(=O)CN. The smallest absolute Gasteiger partial charge is 0.241 e. The molecular weight excluding hydrogens is 405 g/mol. The van der Waals surface area contributed by atoms with Crippen LogP contribution in [0.4, 0.5) is 15.9 Å². The van der Waals surface area contributed by atoms with Gasteiger partial charge in [0.25, 0.3) is 0 Å². The summed E-state index contributed by atoms with van der Waals surface area (Å²) < 4.78 is 15.4. The summed E-state index contributed by atoms with van der Waals surface area (Å²) in [4.78, 5) is 18.8. The van der Waals surface area contributed by atoms with Crippen LogP contribution in [0.25, 0.3) is 17.5 Å². The van der Waals surface area contributed by atoms with Crippen molar-refractivity contribution in [2.45, 2.75) is 19.4 Å². The number of hydrogen-bond acceptors (Lipinski definition) is 4. The minimum atomic E-state index is -0.742. The molecule has 30 heavy (non-hydrogen) atoms. The van der Waals surface area contributed by atoms with Crippen LogP contribution >= 0.6 is 11.6 Å². The molecule has 0 aliphatic carbocycles. The van der Waals surface area contributed by atoms with Gasteiger partial charge in [0.2, 0.25) is 5.91 Å². The van der Waals surface area contributed by atoms with Gasteiger partial charge in [-0.2, -0.15) is 0 Å². The quantitative estimate of drug-likeness (QED) is 0.643. The molecular formula is C22H21ClFN5O. The highest BCUT2D eigenvalue weighted by Crippen LogP contribution is 2.39. The number of anilines is 2. The van der Waals surface area contributed by atoms with Crippen LogP contribution in [-0.4, -0.2) is 26.9 Å². The van der Waals surface area contributed by atoms with Crippen molar-refractivity contribution in [2.75, 3.05) is 11.9 Å². The van der Waals surface area contributed by atoms with Gasteiger partial charge in [0, 0.05) is 28.7 Å². The first-order valence-corrected chi connectivity index (χ1v) is 9.81. The van der Waals surface area contributed by atoms with Crippen LogP contribution in [0.1, 0.15) is 19.7 Å². The van der Waals surface area contributed by atoms with Gasteiger partial charge in [0.05, 0.1) is 6.54 Å². The van der Waals surface area contributed by atoms with Crippen LogP contribution < -0.4 is 11.1 Å². The van der Waals surface area contributed by atoms with Gasteiger partial charge in [-0.05, 0) is 56.3 Å². The molecule has 0 atom stereocenters. The molecule has 4 rings (SSSR count). The molecule has 1 aliphatic rings. The molecule has 0 saturated heterocycles. The number of hydrogen-bond donors (Lipinski definition) is 2. The first-order valence-electron chi connectivity index (χ1n) is 9.43. The molecule has 0 saturated carbocycles. The monoisotopic (exact) mass is 425 g/mol. The standard InChI is InChI=1S/C22H21ClFN5O/c1-22(2)21-27-19(14-6-8-16(24)9-7-14)20(26-17-5-3-4-15(23)12-17)28(21)10-11-29(22)18(30)13-25/h3-12,26H,13,25H2,1-2H3. The van der Waals surface area contributed by atoms with Crippen molar-refractivity contribution in [2.24, 2.45) is 5.73 Å². The number of imidazole rings is 1. The second-order valence-electron chi connectivity index (χ2n) is 7.47. The summed E-state index contributed by atoms with van der Waals surface area (Å²) in [7, 11) is 0. The predicted molar refractivity (Wildman–Crippen MR) is 117 cm³/mol. The maximum Gasteiger partial charge on any atom is 0.241 e. The third kappa shape index (κ3) is 3.46. The minimum absolute atomic E-state index is 0.104. The van der Waals surface area contributed by atoms with Crippen molar-refractivity contribution >= 4 is 35.2 Å². The number of carbonyl (C=O) groups excluding carboxylic acids is 1. The summed E-state index contributed by atoms with van der Waals surface area (Å²) in [6.45, 7) is 3.70. The average Bonchev–Trinajstić information content (AvgIpc) is 3.08. The van der Waals surface area contributed by atoms with Gasteiger partial charge in [-0.1, -0.05) is 17.7 Å². The van der Waals surface area contributed by atoms with Crippen molar-refractivity contribution < 1.29 is 9.18 Å². The molecule has 2 aromatic carbocycles. The molecule has 1 aliphatic heterocycles. The largest absolute Gasteiger partial charge is 0.339 e. The maximum atomic E-state index is 13.5. The zero-order chi connectivity index (χ0) is 21.5. The first-order chi connectivity index (χ1) is 14.3. The molecule has 6 nitrogen and oxygen atoms in total. The lowest BCUT2D eigenvalue weighted by Gasteiger charge is -2.38. The number of rotatable bonds is 4. The number of nitrogens with one attached hydrogen (secondary N) is 1. The number of halogens is 2. The van der Waals surface area contributed by atoms with Gasteiger partial charge >= 0.3 is 0 Å². The Labute approximate surface area is 178 Å². The molecule has 0 spiro atoms. The predicted octanol–water partition coefficient (Wildman–Crippen LogP) is 4.55. The maximum absolute atomic E-state index is 13.5. The number of nitrogens with two attached hydrogens (primary N) is 1. The molecule has 3 aromatic rings. The van der Waals surface area contributed by atoms with Crippen molar-refractivity contribution in [1.82, 2.24) is 14.5 Å². The fraction of sp³-hybridized carbons (Fsp3) is 0.182. The zero-order valence-electron chi connectivity index (χ0n) is 16.6. The third-order valence-electron chi connectivity index (χ3n) is 5.07. The Morgan fingerprint density at radius 3 is 2.60 bits per heavy atom. The molecule has 0 radical (unpaired) electrons. The highest BCUT2D eigenvalue weighted by Gasteiger charge is 2.39. The molecule has 2 heterocycles. The van der Waals surface area contributed by atoms with E-state index >= 15 is 0 Å². The number of benzene rings is 2. The number of carbonyl (C=O) groups is 1. The Bertz CT molecular complexity index is 1140. The van der Waals surface area contributed by atoms with E-state index in [1.165, 1.54) is 12.1 Å². The fourth-order valence-electron chi connectivity index (χ4n) is 3.56. The Hall–Kier alpha value is -3.16. The van der Waals surface area contributed by atoms with E-state index in [1.807, 2.05) is 30.5 Å². The van der Waals surface area contributed by atoms with Crippen LogP contribution in [0.3, 0.4) is 0 Å². The van der Waals surface area contributed by atoms with Crippen LogP contribution in [0.15, 0.2) is 54.7 Å². The number of nitrogens with zero attached hydrogens (tertiary/aromatic N) is 3. The summed E-state index contributed by atoms with van der Waals surface area (Å²) in [5.74, 6) is 0.795. The third-order valence-corrected chi connectivity index (χ3v) is 5.31. The summed E-state index contributed by atoms with van der Waals surface area (Å²) >= 11 is 6.14. The van der Waals surface area contributed by atoms with E-state index in [-0.39, 0.29) is 18.3 Å². The van der Waals surface area contributed by atoms with Crippen LogP contribution in [0, 0.1) is 5.82 Å². The zero-order valence-corrected chi connectivity index (χ0v) is 17.3. The second kappa shape index (κ2) is 7.59. The van der Waals surface area contributed by atoms with Gasteiger partial charge in [0.15, 0.2) is 0 Å². The van der Waals surface area contributed by atoms with Gasteiger partial charge in [-0.15, -0.1) is 0 Å². The Kier molecular flexibility index (Phi) is 5.09. The molecule has 3 N–H and O–H groups in total. The van der Waals surface area contributed by atoms with E-state index in [2.05, 4.69) is 5.32 Å². The van der Waals surface area contributed by atoms with Crippen molar-refractivity contribution in [3.05, 3.63) is 71.4 Å². The summed E-state index contributed by atoms with van der Waals surface area (Å²) in [5.41, 5.74) is 6.99. The average molecular weight is 426 g/mol.